The van der Waals surface area contributed by atoms with Crippen LogP contribution >= 0.6 is 11.6 Å². The fourth-order valence-electron chi connectivity index (χ4n) is 1.10. The van der Waals surface area contributed by atoms with Gasteiger partial charge in [0.15, 0.2) is 21.2 Å². The summed E-state index contributed by atoms with van der Waals surface area (Å²) in [4.78, 5) is 22.6. The number of hydrogen-bond donors (Lipinski definition) is 1. The predicted molar refractivity (Wildman–Crippen MR) is 74.3 cm³/mol. The molecule has 20 heavy (non-hydrogen) atoms. The molecule has 9 heteroatoms. The molecule has 0 rings (SSSR count). The second-order valence-corrected chi connectivity index (χ2v) is 7.67. The van der Waals surface area contributed by atoms with Gasteiger partial charge in [0.2, 0.25) is 0 Å². The first kappa shape index (κ1) is 19.0. The van der Waals surface area contributed by atoms with Crippen LogP contribution in [0.5, 0.6) is 0 Å². The Morgan fingerprint density at radius 3 is 2.30 bits per heavy atom. The van der Waals surface area contributed by atoms with Gasteiger partial charge < -0.3 is 14.8 Å². The molecule has 0 fully saturated rings. The largest absolute Gasteiger partial charge is 0.448 e. The maximum Gasteiger partial charge on any atom is 0.407 e. The lowest BCUT2D eigenvalue weighted by Gasteiger charge is -2.19. The number of nitrogens with one attached hydrogen (secondary N) is 1. The number of amides is 1. The van der Waals surface area contributed by atoms with E-state index < -0.39 is 44.6 Å². The van der Waals surface area contributed by atoms with Crippen molar-refractivity contribution < 1.29 is 27.5 Å². The van der Waals surface area contributed by atoms with E-state index in [0.29, 0.717) is 0 Å². The highest BCUT2D eigenvalue weighted by molar-refractivity contribution is 7.92. The van der Waals surface area contributed by atoms with E-state index in [1.807, 2.05) is 0 Å². The molecule has 0 heterocycles. The van der Waals surface area contributed by atoms with E-state index in [0.717, 1.165) is 0 Å². The Kier molecular flexibility index (Phi) is 7.29. The van der Waals surface area contributed by atoms with E-state index in [4.69, 9.17) is 16.3 Å². The van der Waals surface area contributed by atoms with Crippen molar-refractivity contribution >= 4 is 33.5 Å². The summed E-state index contributed by atoms with van der Waals surface area (Å²) in [6.45, 7) is 6.11. The van der Waals surface area contributed by atoms with Gasteiger partial charge in [-0.2, -0.15) is 0 Å². The number of rotatable bonds is 6. The third-order valence-corrected chi connectivity index (χ3v) is 4.27. The highest BCUT2D eigenvalue weighted by Gasteiger charge is 2.29. The molecule has 0 saturated carbocycles. The van der Waals surface area contributed by atoms with Gasteiger partial charge in [-0.3, -0.25) is 4.79 Å². The average Bonchev–Trinajstić information content (AvgIpc) is 2.25. The Balaban J connectivity index is 4.30. The number of ether oxygens (including phenoxy) is 2. The fraction of sp³-hybridized carbons (Fsp3) is 0.818. The van der Waals surface area contributed by atoms with Crippen molar-refractivity contribution in [1.82, 2.24) is 5.32 Å². The molecule has 0 aliphatic heterocycles. The molecule has 118 valence electrons. The summed E-state index contributed by atoms with van der Waals surface area (Å²) in [5.41, 5.74) is -0.666. The average molecular weight is 330 g/mol. The maximum absolute atomic E-state index is 11.8. The summed E-state index contributed by atoms with van der Waals surface area (Å²) >= 11 is 5.19. The zero-order chi connectivity index (χ0) is 16.0. The summed E-state index contributed by atoms with van der Waals surface area (Å²) < 4.78 is 32.9. The van der Waals surface area contributed by atoms with E-state index in [-0.39, 0.29) is 6.54 Å². The summed E-state index contributed by atoms with van der Waals surface area (Å²) in [5.74, 6) is -1.32. The molecule has 1 unspecified atom stereocenters. The second kappa shape index (κ2) is 7.68. The van der Waals surface area contributed by atoms with Crippen LogP contribution in [-0.2, 0) is 24.1 Å². The number of alkyl carbamates (subject to hydrolysis) is 1. The van der Waals surface area contributed by atoms with Crippen LogP contribution < -0.4 is 5.32 Å². The van der Waals surface area contributed by atoms with Crippen molar-refractivity contribution in [1.29, 1.82) is 0 Å². The minimum absolute atomic E-state index is 0.157. The molecule has 0 bridgehead atoms. The van der Waals surface area contributed by atoms with Crippen LogP contribution in [-0.4, -0.2) is 49.7 Å². The van der Waals surface area contributed by atoms with Gasteiger partial charge in [0, 0.05) is 6.54 Å². The lowest BCUT2D eigenvalue weighted by molar-refractivity contribution is -0.140. The number of hydrogen-bond acceptors (Lipinski definition) is 6. The van der Waals surface area contributed by atoms with Gasteiger partial charge >= 0.3 is 12.1 Å². The molecular weight excluding hydrogens is 310 g/mol. The minimum Gasteiger partial charge on any atom is -0.448 e. The smallest absolute Gasteiger partial charge is 0.407 e. The van der Waals surface area contributed by atoms with Crippen molar-refractivity contribution in [3.63, 3.8) is 0 Å². The van der Waals surface area contributed by atoms with Crippen LogP contribution in [0.4, 0.5) is 4.79 Å². The van der Waals surface area contributed by atoms with Gasteiger partial charge in [-0.15, -0.1) is 0 Å². The molecule has 7 nitrogen and oxygen atoms in total. The van der Waals surface area contributed by atoms with Gasteiger partial charge in [0.05, 0.1) is 5.75 Å². The first-order valence-electron chi connectivity index (χ1n) is 5.90. The number of sulfone groups is 1. The molecule has 1 amide bonds. The molecule has 0 radical (unpaired) electrons. The quantitative estimate of drug-likeness (QED) is 0.577. The van der Waals surface area contributed by atoms with Crippen molar-refractivity contribution in [2.24, 2.45) is 0 Å². The first-order chi connectivity index (χ1) is 8.99. The number of halogens is 1. The number of carbonyl (C=O) groups is 2. The van der Waals surface area contributed by atoms with E-state index in [9.17, 15) is 18.0 Å². The normalized spacial score (nSPS) is 13.4. The van der Waals surface area contributed by atoms with E-state index >= 15 is 0 Å². The number of carbonyl (C=O) groups excluding carboxylic acids is 2. The van der Waals surface area contributed by atoms with Gasteiger partial charge in [-0.05, 0) is 27.7 Å². The SMILES string of the molecule is CC(C(=O)OCCl)S(=O)(=O)CCNC(=O)OC(C)(C)C. The molecular formula is C11H20ClNO6S. The van der Waals surface area contributed by atoms with E-state index in [1.54, 1.807) is 20.8 Å². The molecule has 0 aliphatic rings. The van der Waals surface area contributed by atoms with E-state index in [1.165, 1.54) is 6.92 Å². The van der Waals surface area contributed by atoms with Gasteiger partial charge in [-0.25, -0.2) is 13.2 Å². The Labute approximate surface area is 123 Å². The number of esters is 1. The Bertz CT molecular complexity index is 442. The zero-order valence-corrected chi connectivity index (χ0v) is 13.5. The van der Waals surface area contributed by atoms with Gasteiger partial charge in [-0.1, -0.05) is 11.6 Å². The fourth-order valence-corrected chi connectivity index (χ4v) is 2.31. The molecule has 0 aromatic heterocycles. The summed E-state index contributed by atoms with van der Waals surface area (Å²) in [6, 6.07) is -0.408. The molecule has 0 saturated heterocycles. The lowest BCUT2D eigenvalue weighted by atomic mass is 10.2. The van der Waals surface area contributed by atoms with Crippen molar-refractivity contribution in [3.8, 4) is 0 Å². The Hall–Kier alpha value is -1.02. The predicted octanol–water partition coefficient (Wildman–Crippen LogP) is 1.05. The highest BCUT2D eigenvalue weighted by Crippen LogP contribution is 2.07. The third-order valence-electron chi connectivity index (χ3n) is 2.12. The molecule has 0 aliphatic carbocycles. The van der Waals surface area contributed by atoms with Gasteiger partial charge in [0.1, 0.15) is 5.60 Å². The summed E-state index contributed by atoms with van der Waals surface area (Å²) in [7, 11) is -3.72. The second-order valence-electron chi connectivity index (χ2n) is 5.01. The lowest BCUT2D eigenvalue weighted by Crippen LogP contribution is -2.38. The monoisotopic (exact) mass is 329 g/mol. The van der Waals surface area contributed by atoms with Crippen LogP contribution in [0.1, 0.15) is 27.7 Å². The number of alkyl halides is 1. The Morgan fingerprint density at radius 1 is 1.30 bits per heavy atom. The first-order valence-corrected chi connectivity index (χ1v) is 8.15. The zero-order valence-electron chi connectivity index (χ0n) is 11.9. The van der Waals surface area contributed by atoms with Crippen molar-refractivity contribution in [2.75, 3.05) is 18.4 Å². The van der Waals surface area contributed by atoms with Gasteiger partial charge in [0.25, 0.3) is 0 Å². The van der Waals surface area contributed by atoms with Crippen LogP contribution in [0.3, 0.4) is 0 Å². The summed E-state index contributed by atoms with van der Waals surface area (Å²) in [5, 5.41) is 0.971. The highest BCUT2D eigenvalue weighted by atomic mass is 35.5. The van der Waals surface area contributed by atoms with Crippen LogP contribution in [0.2, 0.25) is 0 Å². The molecule has 1 atom stereocenters. The third kappa shape index (κ3) is 7.54. The summed E-state index contributed by atoms with van der Waals surface area (Å²) in [6.07, 6.45) is -0.719. The van der Waals surface area contributed by atoms with Crippen molar-refractivity contribution in [3.05, 3.63) is 0 Å². The Morgan fingerprint density at radius 2 is 1.85 bits per heavy atom. The molecule has 0 spiro atoms. The minimum atomic E-state index is -3.72. The van der Waals surface area contributed by atoms with Crippen LogP contribution in [0.15, 0.2) is 0 Å². The van der Waals surface area contributed by atoms with Crippen molar-refractivity contribution in [2.45, 2.75) is 38.5 Å². The van der Waals surface area contributed by atoms with Crippen LogP contribution in [0.25, 0.3) is 0 Å². The standard InChI is InChI=1S/C11H20ClNO6S/c1-8(9(14)18-7-12)20(16,17)6-5-13-10(15)19-11(2,3)4/h8H,5-7H2,1-4H3,(H,13,15). The molecule has 0 aromatic carbocycles. The molecule has 0 aromatic rings. The maximum atomic E-state index is 11.8. The topological polar surface area (TPSA) is 98.8 Å². The van der Waals surface area contributed by atoms with Crippen LogP contribution in [0, 0.1) is 0 Å². The van der Waals surface area contributed by atoms with E-state index in [2.05, 4.69) is 10.1 Å². The molecule has 1 N–H and O–H groups in total.